The van der Waals surface area contributed by atoms with Crippen LogP contribution < -0.4 is 5.11 Å². The van der Waals surface area contributed by atoms with Crippen molar-refractivity contribution in [2.45, 2.75) is 5.41 Å². The first kappa shape index (κ1) is 12.4. The third kappa shape index (κ3) is 2.13. The van der Waals surface area contributed by atoms with Crippen LogP contribution in [0.5, 0.6) is 0 Å². The van der Waals surface area contributed by atoms with Crippen LogP contribution in [0.3, 0.4) is 0 Å². The van der Waals surface area contributed by atoms with Crippen molar-refractivity contribution in [3.63, 3.8) is 0 Å². The molecule has 0 aliphatic carbocycles. The van der Waals surface area contributed by atoms with Gasteiger partial charge in [-0.05, 0) is 5.56 Å². The second-order valence-electron chi connectivity index (χ2n) is 3.28. The van der Waals surface area contributed by atoms with Crippen LogP contribution in [0.2, 0.25) is 0 Å². The van der Waals surface area contributed by atoms with Crippen molar-refractivity contribution in [2.24, 2.45) is 0 Å². The lowest BCUT2D eigenvalue weighted by atomic mass is 9.85. The van der Waals surface area contributed by atoms with Gasteiger partial charge in [-0.3, -0.25) is 10.1 Å². The van der Waals surface area contributed by atoms with Crippen molar-refractivity contribution in [1.82, 2.24) is 0 Å². The number of benzene rings is 1. The maximum absolute atomic E-state index is 11.0. The maximum atomic E-state index is 11.0. The lowest BCUT2D eigenvalue weighted by molar-refractivity contribution is -0.385. The van der Waals surface area contributed by atoms with Gasteiger partial charge in [0.05, 0.1) is 16.4 Å². The predicted octanol–water partition coefficient (Wildman–Crippen LogP) is 0.955. The SMILES string of the molecule is N#CC(C[O-])(CCl)c1ccc([N+](=O)[O-])cc1. The fourth-order valence-corrected chi connectivity index (χ4v) is 1.52. The molecule has 1 unspecified atom stereocenters. The summed E-state index contributed by atoms with van der Waals surface area (Å²) in [5.74, 6) is -0.134. The summed E-state index contributed by atoms with van der Waals surface area (Å²) in [7, 11) is 0. The van der Waals surface area contributed by atoms with E-state index in [9.17, 15) is 15.2 Å². The van der Waals surface area contributed by atoms with Gasteiger partial charge in [0, 0.05) is 18.0 Å². The highest BCUT2D eigenvalue weighted by Gasteiger charge is 2.27. The van der Waals surface area contributed by atoms with Gasteiger partial charge in [0.1, 0.15) is 0 Å². The van der Waals surface area contributed by atoms with Crippen molar-refractivity contribution in [2.75, 3.05) is 12.5 Å². The highest BCUT2D eigenvalue weighted by Crippen LogP contribution is 2.25. The molecule has 0 aliphatic rings. The minimum absolute atomic E-state index is 0.0870. The molecule has 0 aliphatic heterocycles. The van der Waals surface area contributed by atoms with E-state index in [-0.39, 0.29) is 11.6 Å². The fourth-order valence-electron chi connectivity index (χ4n) is 1.23. The molecule has 6 heteroatoms. The average Bonchev–Trinajstić information content (AvgIpc) is 2.33. The summed E-state index contributed by atoms with van der Waals surface area (Å²) in [6.45, 7) is -0.676. The lowest BCUT2D eigenvalue weighted by Gasteiger charge is -2.27. The Hall–Kier alpha value is -1.64. The van der Waals surface area contributed by atoms with Crippen LogP contribution >= 0.6 is 11.6 Å². The van der Waals surface area contributed by atoms with Crippen LogP contribution in [-0.4, -0.2) is 17.4 Å². The first-order valence-electron chi connectivity index (χ1n) is 4.40. The Kier molecular flexibility index (Phi) is 3.82. The molecular formula is C10H8ClN2O3-. The molecule has 16 heavy (non-hydrogen) atoms. The zero-order chi connectivity index (χ0) is 12.2. The molecule has 0 fully saturated rings. The first-order chi connectivity index (χ1) is 7.59. The van der Waals surface area contributed by atoms with Crippen LogP contribution in [0, 0.1) is 21.4 Å². The quantitative estimate of drug-likeness (QED) is 0.444. The van der Waals surface area contributed by atoms with Gasteiger partial charge >= 0.3 is 0 Å². The molecule has 0 saturated carbocycles. The van der Waals surface area contributed by atoms with E-state index in [1.54, 1.807) is 0 Å². The number of alkyl halides is 1. The Morgan fingerprint density at radius 1 is 1.44 bits per heavy atom. The number of nitro benzene ring substituents is 1. The van der Waals surface area contributed by atoms with E-state index in [1.807, 2.05) is 6.07 Å². The third-order valence-corrected chi connectivity index (χ3v) is 2.78. The summed E-state index contributed by atoms with van der Waals surface area (Å²) in [5.41, 5.74) is -0.988. The van der Waals surface area contributed by atoms with Crippen molar-refractivity contribution < 1.29 is 10.0 Å². The van der Waals surface area contributed by atoms with Gasteiger partial charge in [0.15, 0.2) is 0 Å². The van der Waals surface area contributed by atoms with E-state index in [0.717, 1.165) is 0 Å². The summed E-state index contributed by atoms with van der Waals surface area (Å²) in [6, 6.07) is 7.15. The van der Waals surface area contributed by atoms with Gasteiger partial charge in [0.2, 0.25) is 0 Å². The van der Waals surface area contributed by atoms with Crippen molar-refractivity contribution >= 4 is 17.3 Å². The highest BCUT2D eigenvalue weighted by atomic mass is 35.5. The van der Waals surface area contributed by atoms with E-state index in [0.29, 0.717) is 5.56 Å². The summed E-state index contributed by atoms with van der Waals surface area (Å²) >= 11 is 5.61. The second kappa shape index (κ2) is 4.92. The largest absolute Gasteiger partial charge is 0.853 e. The number of non-ortho nitro benzene ring substituents is 1. The Morgan fingerprint density at radius 3 is 2.31 bits per heavy atom. The Bertz CT molecular complexity index is 421. The Morgan fingerprint density at radius 2 is 2.00 bits per heavy atom. The molecule has 0 N–H and O–H groups in total. The fraction of sp³-hybridized carbons (Fsp3) is 0.300. The summed E-state index contributed by atoms with van der Waals surface area (Å²) in [6.07, 6.45) is 0. The second-order valence-corrected chi connectivity index (χ2v) is 3.54. The standard InChI is InChI=1S/C10H8ClN2O3/c11-5-10(6-12,7-14)8-1-3-9(4-2-8)13(15)16/h1-4H,5,7H2/q-1. The van der Waals surface area contributed by atoms with Crippen LogP contribution in [0.4, 0.5) is 5.69 Å². The van der Waals surface area contributed by atoms with Crippen LogP contribution in [0.15, 0.2) is 24.3 Å². The third-order valence-electron chi connectivity index (χ3n) is 2.32. The molecule has 0 bridgehead atoms. The molecule has 0 spiro atoms. The maximum Gasteiger partial charge on any atom is 0.269 e. The number of hydrogen-bond donors (Lipinski definition) is 0. The lowest BCUT2D eigenvalue weighted by Crippen LogP contribution is -2.37. The van der Waals surface area contributed by atoms with Gasteiger partial charge < -0.3 is 5.11 Å². The van der Waals surface area contributed by atoms with E-state index in [4.69, 9.17) is 16.9 Å². The topological polar surface area (TPSA) is 90.0 Å². The van der Waals surface area contributed by atoms with Crippen LogP contribution in [0.1, 0.15) is 5.56 Å². The normalized spacial score (nSPS) is 13.8. The molecular weight excluding hydrogens is 232 g/mol. The van der Waals surface area contributed by atoms with E-state index < -0.39 is 16.9 Å². The van der Waals surface area contributed by atoms with Crippen molar-refractivity contribution in [3.8, 4) is 6.07 Å². The molecule has 0 heterocycles. The average molecular weight is 240 g/mol. The van der Waals surface area contributed by atoms with E-state index in [1.165, 1.54) is 24.3 Å². The zero-order valence-corrected chi connectivity index (χ0v) is 8.98. The molecule has 5 nitrogen and oxygen atoms in total. The predicted molar refractivity (Wildman–Crippen MR) is 56.0 cm³/mol. The zero-order valence-electron chi connectivity index (χ0n) is 8.22. The summed E-state index contributed by atoms with van der Waals surface area (Å²) in [4.78, 5) is 9.88. The highest BCUT2D eigenvalue weighted by molar-refractivity contribution is 6.19. The minimum atomic E-state index is -1.31. The number of nitriles is 1. The van der Waals surface area contributed by atoms with Crippen LogP contribution in [-0.2, 0) is 5.41 Å². The minimum Gasteiger partial charge on any atom is -0.853 e. The molecule has 0 aromatic heterocycles. The Labute approximate surface area is 97.0 Å². The van der Waals surface area contributed by atoms with Gasteiger partial charge in [-0.2, -0.15) is 5.26 Å². The molecule has 1 aromatic carbocycles. The van der Waals surface area contributed by atoms with E-state index >= 15 is 0 Å². The van der Waals surface area contributed by atoms with Gasteiger partial charge in [0.25, 0.3) is 5.69 Å². The summed E-state index contributed by atoms with van der Waals surface area (Å²) < 4.78 is 0. The Balaban J connectivity index is 3.14. The van der Waals surface area contributed by atoms with Gasteiger partial charge in [-0.15, -0.1) is 18.2 Å². The molecule has 84 valence electrons. The number of nitro groups is 1. The molecule has 1 aromatic rings. The number of rotatable bonds is 4. The number of halogens is 1. The summed E-state index contributed by atoms with van der Waals surface area (Å²) in [5, 5.41) is 30.4. The van der Waals surface area contributed by atoms with E-state index in [2.05, 4.69) is 0 Å². The smallest absolute Gasteiger partial charge is 0.269 e. The molecule has 0 amide bonds. The molecule has 1 atom stereocenters. The molecule has 0 radical (unpaired) electrons. The van der Waals surface area contributed by atoms with Crippen molar-refractivity contribution in [3.05, 3.63) is 39.9 Å². The number of hydrogen-bond acceptors (Lipinski definition) is 4. The monoisotopic (exact) mass is 239 g/mol. The van der Waals surface area contributed by atoms with Crippen LogP contribution in [0.25, 0.3) is 0 Å². The van der Waals surface area contributed by atoms with Gasteiger partial charge in [-0.1, -0.05) is 12.1 Å². The number of nitrogens with zero attached hydrogens (tertiary/aromatic N) is 2. The van der Waals surface area contributed by atoms with Gasteiger partial charge in [-0.25, -0.2) is 0 Å². The van der Waals surface area contributed by atoms with Crippen molar-refractivity contribution in [1.29, 1.82) is 5.26 Å². The molecule has 1 rings (SSSR count). The first-order valence-corrected chi connectivity index (χ1v) is 4.93. The molecule has 0 saturated heterocycles.